The van der Waals surface area contributed by atoms with Gasteiger partial charge >= 0.3 is 0 Å². The topological polar surface area (TPSA) is 55.1 Å². The Bertz CT molecular complexity index is 95.7. The number of carbonyl (C=O) groups is 1. The van der Waals surface area contributed by atoms with Gasteiger partial charge in [-0.1, -0.05) is 6.92 Å². The SMILES string of the molecule is CCCNC(=O)[C@H](C)N.Cl. The van der Waals surface area contributed by atoms with Crippen molar-refractivity contribution >= 4 is 18.3 Å². The Labute approximate surface area is 67.8 Å². The molecule has 10 heavy (non-hydrogen) atoms. The number of amides is 1. The van der Waals surface area contributed by atoms with Crippen molar-refractivity contribution in [1.29, 1.82) is 0 Å². The second-order valence-electron chi connectivity index (χ2n) is 2.08. The van der Waals surface area contributed by atoms with Crippen LogP contribution in [0.25, 0.3) is 0 Å². The molecule has 0 aromatic heterocycles. The van der Waals surface area contributed by atoms with Crippen LogP contribution in [0.1, 0.15) is 20.3 Å². The van der Waals surface area contributed by atoms with E-state index in [1.165, 1.54) is 0 Å². The monoisotopic (exact) mass is 166 g/mol. The van der Waals surface area contributed by atoms with Gasteiger partial charge in [0.1, 0.15) is 0 Å². The number of hydrogen-bond donors (Lipinski definition) is 2. The zero-order chi connectivity index (χ0) is 7.28. The maximum Gasteiger partial charge on any atom is 0.236 e. The largest absolute Gasteiger partial charge is 0.355 e. The minimum Gasteiger partial charge on any atom is -0.355 e. The molecule has 0 radical (unpaired) electrons. The summed E-state index contributed by atoms with van der Waals surface area (Å²) in [5, 5.41) is 2.67. The van der Waals surface area contributed by atoms with Crippen molar-refractivity contribution in [2.75, 3.05) is 6.54 Å². The Hall–Kier alpha value is -0.280. The van der Waals surface area contributed by atoms with E-state index >= 15 is 0 Å². The maximum atomic E-state index is 10.7. The van der Waals surface area contributed by atoms with Crippen LogP contribution in [0, 0.1) is 0 Å². The Morgan fingerprint density at radius 2 is 2.20 bits per heavy atom. The molecule has 4 heteroatoms. The van der Waals surface area contributed by atoms with Gasteiger partial charge in [0.05, 0.1) is 6.04 Å². The zero-order valence-electron chi connectivity index (χ0n) is 6.39. The smallest absolute Gasteiger partial charge is 0.236 e. The summed E-state index contributed by atoms with van der Waals surface area (Å²) in [6.45, 7) is 4.40. The van der Waals surface area contributed by atoms with E-state index < -0.39 is 0 Å². The third-order valence-corrected chi connectivity index (χ3v) is 0.963. The highest BCUT2D eigenvalue weighted by Crippen LogP contribution is 1.75. The van der Waals surface area contributed by atoms with Gasteiger partial charge < -0.3 is 11.1 Å². The molecule has 1 amide bonds. The van der Waals surface area contributed by atoms with Crippen molar-refractivity contribution in [2.24, 2.45) is 5.73 Å². The van der Waals surface area contributed by atoms with E-state index in [2.05, 4.69) is 5.32 Å². The molecule has 0 aliphatic heterocycles. The molecular formula is C6H15ClN2O. The molecule has 0 unspecified atom stereocenters. The molecule has 0 fully saturated rings. The van der Waals surface area contributed by atoms with Gasteiger partial charge in [-0.15, -0.1) is 12.4 Å². The normalized spacial score (nSPS) is 11.5. The van der Waals surface area contributed by atoms with Gasteiger partial charge in [-0.2, -0.15) is 0 Å². The first-order valence-electron chi connectivity index (χ1n) is 3.21. The number of nitrogens with one attached hydrogen (secondary N) is 1. The highest BCUT2D eigenvalue weighted by atomic mass is 35.5. The molecule has 0 spiro atoms. The quantitative estimate of drug-likeness (QED) is 0.633. The minimum absolute atomic E-state index is 0. The summed E-state index contributed by atoms with van der Waals surface area (Å²) in [6, 6.07) is -0.378. The number of hydrogen-bond acceptors (Lipinski definition) is 2. The van der Waals surface area contributed by atoms with E-state index in [0.29, 0.717) is 0 Å². The lowest BCUT2D eigenvalue weighted by atomic mass is 10.3. The van der Waals surface area contributed by atoms with Gasteiger partial charge in [-0.05, 0) is 13.3 Å². The van der Waals surface area contributed by atoms with Gasteiger partial charge in [0.15, 0.2) is 0 Å². The summed E-state index contributed by atoms with van der Waals surface area (Å²) < 4.78 is 0. The first-order chi connectivity index (χ1) is 4.18. The predicted molar refractivity (Wildman–Crippen MR) is 44.2 cm³/mol. The van der Waals surface area contributed by atoms with E-state index in [4.69, 9.17) is 5.73 Å². The van der Waals surface area contributed by atoms with E-state index in [1.54, 1.807) is 6.92 Å². The first-order valence-corrected chi connectivity index (χ1v) is 3.21. The van der Waals surface area contributed by atoms with Crippen LogP contribution in [-0.2, 0) is 4.79 Å². The number of carbonyl (C=O) groups excluding carboxylic acids is 1. The molecule has 0 saturated heterocycles. The molecule has 0 bridgehead atoms. The summed E-state index contributed by atoms with van der Waals surface area (Å²) in [5.41, 5.74) is 5.26. The molecule has 0 aliphatic rings. The third-order valence-electron chi connectivity index (χ3n) is 0.963. The fourth-order valence-electron chi connectivity index (χ4n) is 0.409. The van der Waals surface area contributed by atoms with Crippen molar-refractivity contribution in [1.82, 2.24) is 5.32 Å². The molecule has 3 N–H and O–H groups in total. The predicted octanol–water partition coefficient (Wildman–Crippen LogP) is 0.282. The van der Waals surface area contributed by atoms with Crippen LogP contribution in [0.15, 0.2) is 0 Å². The highest BCUT2D eigenvalue weighted by molar-refractivity contribution is 5.85. The summed E-state index contributed by atoms with van der Waals surface area (Å²) in [5.74, 6) is -0.0724. The van der Waals surface area contributed by atoms with Crippen molar-refractivity contribution in [3.63, 3.8) is 0 Å². The lowest BCUT2D eigenvalue weighted by Gasteiger charge is -2.04. The standard InChI is InChI=1S/C6H14N2O.ClH/c1-3-4-8-6(9)5(2)7;/h5H,3-4,7H2,1-2H3,(H,8,9);1H/t5-;/m0./s1. The van der Waals surface area contributed by atoms with Gasteiger partial charge in [0.2, 0.25) is 5.91 Å². The third kappa shape index (κ3) is 5.85. The van der Waals surface area contributed by atoms with Crippen LogP contribution in [0.3, 0.4) is 0 Å². The minimum atomic E-state index is -0.378. The van der Waals surface area contributed by atoms with Crippen molar-refractivity contribution in [3.8, 4) is 0 Å². The van der Waals surface area contributed by atoms with Crippen LogP contribution in [0.4, 0.5) is 0 Å². The summed E-state index contributed by atoms with van der Waals surface area (Å²) in [4.78, 5) is 10.7. The Morgan fingerprint density at radius 1 is 1.70 bits per heavy atom. The molecule has 1 atom stereocenters. The molecule has 0 aromatic carbocycles. The summed E-state index contributed by atoms with van der Waals surface area (Å²) in [6.07, 6.45) is 0.957. The van der Waals surface area contributed by atoms with Crippen molar-refractivity contribution < 1.29 is 4.79 Å². The lowest BCUT2D eigenvalue weighted by Crippen LogP contribution is -2.38. The summed E-state index contributed by atoms with van der Waals surface area (Å²) in [7, 11) is 0. The van der Waals surface area contributed by atoms with E-state index in [1.807, 2.05) is 6.92 Å². The van der Waals surface area contributed by atoms with Crippen LogP contribution in [-0.4, -0.2) is 18.5 Å². The van der Waals surface area contributed by atoms with Gasteiger partial charge in [0, 0.05) is 6.54 Å². The van der Waals surface area contributed by atoms with Gasteiger partial charge in [-0.25, -0.2) is 0 Å². The Morgan fingerprint density at radius 3 is 2.50 bits per heavy atom. The molecule has 0 heterocycles. The average Bonchev–Trinajstić information content (AvgIpc) is 1.82. The summed E-state index contributed by atoms with van der Waals surface area (Å²) >= 11 is 0. The fourth-order valence-corrected chi connectivity index (χ4v) is 0.409. The lowest BCUT2D eigenvalue weighted by molar-refractivity contribution is -0.121. The van der Waals surface area contributed by atoms with E-state index in [-0.39, 0.29) is 24.4 Å². The molecule has 0 aliphatic carbocycles. The van der Waals surface area contributed by atoms with Crippen LogP contribution in [0.5, 0.6) is 0 Å². The fraction of sp³-hybridized carbons (Fsp3) is 0.833. The maximum absolute atomic E-state index is 10.7. The van der Waals surface area contributed by atoms with Crippen LogP contribution < -0.4 is 11.1 Å². The van der Waals surface area contributed by atoms with Crippen LogP contribution in [0.2, 0.25) is 0 Å². The van der Waals surface area contributed by atoms with E-state index in [9.17, 15) is 4.79 Å². The average molecular weight is 167 g/mol. The Kier molecular flexibility index (Phi) is 8.48. The molecule has 0 rings (SSSR count). The van der Waals surface area contributed by atoms with Crippen molar-refractivity contribution in [3.05, 3.63) is 0 Å². The van der Waals surface area contributed by atoms with E-state index in [0.717, 1.165) is 13.0 Å². The molecule has 3 nitrogen and oxygen atoms in total. The number of rotatable bonds is 3. The first kappa shape index (κ1) is 12.4. The Balaban J connectivity index is 0. The second-order valence-corrected chi connectivity index (χ2v) is 2.08. The molecule has 62 valence electrons. The second kappa shape index (κ2) is 6.83. The molecule has 0 saturated carbocycles. The highest BCUT2D eigenvalue weighted by Gasteiger charge is 2.03. The molecular weight excluding hydrogens is 152 g/mol. The van der Waals surface area contributed by atoms with Crippen molar-refractivity contribution in [2.45, 2.75) is 26.3 Å². The number of halogens is 1. The zero-order valence-corrected chi connectivity index (χ0v) is 7.20. The van der Waals surface area contributed by atoms with Gasteiger partial charge in [0.25, 0.3) is 0 Å². The molecule has 0 aromatic rings. The van der Waals surface area contributed by atoms with Crippen LogP contribution >= 0.6 is 12.4 Å². The number of nitrogens with two attached hydrogens (primary N) is 1. The van der Waals surface area contributed by atoms with Gasteiger partial charge in [-0.3, -0.25) is 4.79 Å².